The van der Waals surface area contributed by atoms with Crippen LogP contribution in [0.5, 0.6) is 5.75 Å². The third kappa shape index (κ3) is 1.01. The average molecular weight is 212 g/mol. The van der Waals surface area contributed by atoms with Gasteiger partial charge in [-0.15, -0.1) is 0 Å². The molecule has 0 spiro atoms. The predicted octanol–water partition coefficient (Wildman–Crippen LogP) is 2.64. The molecule has 1 aromatic heterocycles. The Hall–Kier alpha value is -0.960. The van der Waals surface area contributed by atoms with Crippen molar-refractivity contribution in [2.24, 2.45) is 0 Å². The summed E-state index contributed by atoms with van der Waals surface area (Å²) < 4.78 is 1.01. The van der Waals surface area contributed by atoms with Crippen molar-refractivity contribution in [3.63, 3.8) is 0 Å². The van der Waals surface area contributed by atoms with E-state index < -0.39 is 0 Å². The van der Waals surface area contributed by atoms with Gasteiger partial charge in [-0.2, -0.15) is 0 Å². The molecule has 0 saturated carbocycles. The van der Waals surface area contributed by atoms with Crippen molar-refractivity contribution in [1.29, 1.82) is 0 Å². The first-order valence-corrected chi connectivity index (χ1v) is 4.02. The number of aromatic hydroxyl groups is 1. The lowest BCUT2D eigenvalue weighted by Gasteiger charge is -1.90. The molecule has 0 aliphatic rings. The Labute approximate surface area is 72.0 Å². The first kappa shape index (κ1) is 6.73. The summed E-state index contributed by atoms with van der Waals surface area (Å²) in [7, 11) is 0. The maximum absolute atomic E-state index is 9.26. The smallest absolute Gasteiger partial charge is 0.140 e. The summed E-state index contributed by atoms with van der Waals surface area (Å²) >= 11 is 3.34. The van der Waals surface area contributed by atoms with Crippen LogP contribution in [-0.4, -0.2) is 10.1 Å². The van der Waals surface area contributed by atoms with Gasteiger partial charge in [-0.1, -0.05) is 15.9 Å². The number of halogens is 1. The summed E-state index contributed by atoms with van der Waals surface area (Å²) in [6.07, 6.45) is 1.58. The van der Waals surface area contributed by atoms with Gasteiger partial charge in [-0.25, -0.2) is 0 Å². The molecule has 0 radical (unpaired) electrons. The Balaban J connectivity index is 2.86. The normalized spacial score (nSPS) is 10.6. The van der Waals surface area contributed by atoms with Crippen LogP contribution >= 0.6 is 15.9 Å². The number of hydrogen-bond acceptors (Lipinski definition) is 1. The van der Waals surface area contributed by atoms with Gasteiger partial charge in [0.05, 0.1) is 5.52 Å². The first-order chi connectivity index (χ1) is 5.27. The number of fused-ring (bicyclic) bond motifs is 1. The summed E-state index contributed by atoms with van der Waals surface area (Å²) in [4.78, 5) is 2.95. The molecule has 0 amide bonds. The summed E-state index contributed by atoms with van der Waals surface area (Å²) in [6.45, 7) is 0. The number of aromatic amines is 1. The molecule has 2 nitrogen and oxygen atoms in total. The monoisotopic (exact) mass is 211 g/mol. The van der Waals surface area contributed by atoms with Crippen LogP contribution in [0.25, 0.3) is 10.9 Å². The number of hydrogen-bond donors (Lipinski definition) is 2. The van der Waals surface area contributed by atoms with Crippen molar-refractivity contribution in [1.82, 2.24) is 4.98 Å². The van der Waals surface area contributed by atoms with Gasteiger partial charge in [0.25, 0.3) is 0 Å². The van der Waals surface area contributed by atoms with Crippen LogP contribution in [0.3, 0.4) is 0 Å². The number of rotatable bonds is 0. The largest absolute Gasteiger partial charge is 0.506 e. The average Bonchev–Trinajstić information content (AvgIpc) is 2.32. The van der Waals surface area contributed by atoms with Gasteiger partial charge in [0.15, 0.2) is 0 Å². The molecule has 3 heteroatoms. The van der Waals surface area contributed by atoms with E-state index in [2.05, 4.69) is 20.9 Å². The second-order valence-corrected chi connectivity index (χ2v) is 3.28. The quantitative estimate of drug-likeness (QED) is 0.691. The van der Waals surface area contributed by atoms with E-state index in [4.69, 9.17) is 0 Å². The number of nitrogens with one attached hydrogen (secondary N) is 1. The van der Waals surface area contributed by atoms with Crippen LogP contribution in [-0.2, 0) is 0 Å². The molecule has 0 fully saturated rings. The van der Waals surface area contributed by atoms with Gasteiger partial charge in [-0.05, 0) is 18.2 Å². The van der Waals surface area contributed by atoms with Gasteiger partial charge in [0, 0.05) is 16.1 Å². The molecule has 2 rings (SSSR count). The standard InChI is InChI=1S/C8H6BrNO/c9-5-1-2-6-7(3-5)10-4-8(6)11/h1-4,10-11H. The van der Waals surface area contributed by atoms with Gasteiger partial charge in [0.1, 0.15) is 5.75 Å². The SMILES string of the molecule is Oc1c[nH]c2cc(Br)ccc12. The van der Waals surface area contributed by atoms with E-state index in [9.17, 15) is 5.11 Å². The molecule has 1 heterocycles. The zero-order chi connectivity index (χ0) is 7.84. The molecule has 0 bridgehead atoms. The zero-order valence-corrected chi connectivity index (χ0v) is 7.22. The minimum atomic E-state index is 0.299. The van der Waals surface area contributed by atoms with E-state index in [0.717, 1.165) is 15.4 Å². The minimum absolute atomic E-state index is 0.299. The first-order valence-electron chi connectivity index (χ1n) is 3.23. The second-order valence-electron chi connectivity index (χ2n) is 2.36. The van der Waals surface area contributed by atoms with E-state index in [1.807, 2.05) is 18.2 Å². The molecule has 0 saturated heterocycles. The molecule has 0 aliphatic heterocycles. The molecule has 0 unspecified atom stereocenters. The molecule has 2 N–H and O–H groups in total. The summed E-state index contributed by atoms with van der Waals surface area (Å²) in [5, 5.41) is 10.1. The van der Waals surface area contributed by atoms with Crippen molar-refractivity contribution in [2.45, 2.75) is 0 Å². The summed E-state index contributed by atoms with van der Waals surface area (Å²) in [5.74, 6) is 0.299. The van der Waals surface area contributed by atoms with Crippen LogP contribution in [0.2, 0.25) is 0 Å². The maximum Gasteiger partial charge on any atom is 0.140 e. The molecule has 2 aromatic rings. The fourth-order valence-corrected chi connectivity index (χ4v) is 1.44. The Kier molecular flexibility index (Phi) is 1.39. The predicted molar refractivity (Wildman–Crippen MR) is 47.7 cm³/mol. The summed E-state index contributed by atoms with van der Waals surface area (Å²) in [5.41, 5.74) is 0.942. The Morgan fingerprint density at radius 3 is 3.00 bits per heavy atom. The molecule has 1 aromatic carbocycles. The molecule has 0 aliphatic carbocycles. The van der Waals surface area contributed by atoms with Crippen LogP contribution in [0.1, 0.15) is 0 Å². The van der Waals surface area contributed by atoms with E-state index in [1.54, 1.807) is 6.20 Å². The Morgan fingerprint density at radius 2 is 2.18 bits per heavy atom. The molecular formula is C8H6BrNO. The van der Waals surface area contributed by atoms with Gasteiger partial charge < -0.3 is 10.1 Å². The molecule has 56 valence electrons. The van der Waals surface area contributed by atoms with Crippen LogP contribution in [0, 0.1) is 0 Å². The fourth-order valence-electron chi connectivity index (χ4n) is 1.08. The number of H-pyrrole nitrogens is 1. The van der Waals surface area contributed by atoms with E-state index in [1.165, 1.54) is 0 Å². The maximum atomic E-state index is 9.26. The van der Waals surface area contributed by atoms with Crippen molar-refractivity contribution in [3.8, 4) is 5.75 Å². The van der Waals surface area contributed by atoms with Crippen molar-refractivity contribution < 1.29 is 5.11 Å². The minimum Gasteiger partial charge on any atom is -0.506 e. The highest BCUT2D eigenvalue weighted by atomic mass is 79.9. The topological polar surface area (TPSA) is 36.0 Å². The second kappa shape index (κ2) is 2.27. The zero-order valence-electron chi connectivity index (χ0n) is 5.63. The Bertz CT molecular complexity index is 394. The van der Waals surface area contributed by atoms with Crippen LogP contribution in [0.15, 0.2) is 28.9 Å². The lowest BCUT2D eigenvalue weighted by Crippen LogP contribution is -1.66. The van der Waals surface area contributed by atoms with Gasteiger partial charge in [-0.3, -0.25) is 0 Å². The molecule has 11 heavy (non-hydrogen) atoms. The fraction of sp³-hybridized carbons (Fsp3) is 0. The highest BCUT2D eigenvalue weighted by molar-refractivity contribution is 9.10. The molecular weight excluding hydrogens is 206 g/mol. The number of aromatic nitrogens is 1. The third-order valence-corrected chi connectivity index (χ3v) is 2.12. The Morgan fingerprint density at radius 1 is 1.36 bits per heavy atom. The lowest BCUT2D eigenvalue weighted by molar-refractivity contribution is 0.481. The van der Waals surface area contributed by atoms with Gasteiger partial charge >= 0.3 is 0 Å². The lowest BCUT2D eigenvalue weighted by atomic mass is 10.2. The summed E-state index contributed by atoms with van der Waals surface area (Å²) in [6, 6.07) is 5.69. The van der Waals surface area contributed by atoms with Crippen LogP contribution in [0.4, 0.5) is 0 Å². The van der Waals surface area contributed by atoms with E-state index >= 15 is 0 Å². The van der Waals surface area contributed by atoms with E-state index in [-0.39, 0.29) is 0 Å². The molecule has 0 atom stereocenters. The van der Waals surface area contributed by atoms with Crippen molar-refractivity contribution in [2.75, 3.05) is 0 Å². The highest BCUT2D eigenvalue weighted by Crippen LogP contribution is 2.26. The van der Waals surface area contributed by atoms with Crippen LogP contribution < -0.4 is 0 Å². The third-order valence-electron chi connectivity index (χ3n) is 1.62. The van der Waals surface area contributed by atoms with Crippen molar-refractivity contribution in [3.05, 3.63) is 28.9 Å². The number of benzene rings is 1. The van der Waals surface area contributed by atoms with E-state index in [0.29, 0.717) is 5.75 Å². The van der Waals surface area contributed by atoms with Gasteiger partial charge in [0.2, 0.25) is 0 Å². The van der Waals surface area contributed by atoms with Crippen molar-refractivity contribution >= 4 is 26.8 Å². The highest BCUT2D eigenvalue weighted by Gasteiger charge is 2.00.